The van der Waals surface area contributed by atoms with Gasteiger partial charge in [0, 0.05) is 11.9 Å². The molecule has 0 spiro atoms. The molecule has 0 bridgehead atoms. The number of pyridine rings is 1. The first-order valence-corrected chi connectivity index (χ1v) is 9.77. The third-order valence-electron chi connectivity index (χ3n) is 5.03. The number of nitrogens with one attached hydrogen (secondary N) is 1. The molecule has 1 aliphatic rings. The zero-order valence-electron chi connectivity index (χ0n) is 16.9. The topological polar surface area (TPSA) is 86.8 Å². The number of benzene rings is 2. The van der Waals surface area contributed by atoms with Gasteiger partial charge in [-0.1, -0.05) is 31.2 Å². The number of hydrogen-bond acceptors (Lipinski definition) is 6. The summed E-state index contributed by atoms with van der Waals surface area (Å²) in [5.74, 6) is 0.413. The number of carbonyl (C=O) groups excluding carboxylic acids is 2. The molecule has 2 aromatic carbocycles. The molecular formula is C23H22N2O5. The fraction of sp³-hybridized carbons (Fsp3) is 0.261. The number of ether oxygens (including phenoxy) is 3. The van der Waals surface area contributed by atoms with Crippen LogP contribution in [0.25, 0.3) is 10.9 Å². The molecule has 154 valence electrons. The molecule has 0 saturated carbocycles. The van der Waals surface area contributed by atoms with Crippen LogP contribution in [-0.2, 0) is 22.5 Å². The van der Waals surface area contributed by atoms with Crippen LogP contribution in [0.15, 0.2) is 42.5 Å². The minimum absolute atomic E-state index is 0.198. The van der Waals surface area contributed by atoms with Gasteiger partial charge >= 0.3 is 5.97 Å². The summed E-state index contributed by atoms with van der Waals surface area (Å²) in [5.41, 5.74) is 3.60. The molecule has 3 aromatic rings. The highest BCUT2D eigenvalue weighted by Crippen LogP contribution is 2.32. The maximum atomic E-state index is 12.7. The van der Waals surface area contributed by atoms with E-state index in [9.17, 15) is 9.59 Å². The highest BCUT2D eigenvalue weighted by Gasteiger charge is 2.20. The lowest BCUT2D eigenvalue weighted by atomic mass is 10.0. The van der Waals surface area contributed by atoms with Gasteiger partial charge in [-0.3, -0.25) is 9.78 Å². The number of aromatic nitrogens is 1. The van der Waals surface area contributed by atoms with E-state index in [-0.39, 0.29) is 19.3 Å². The molecule has 0 radical (unpaired) electrons. The number of fused-ring (bicyclic) bond motifs is 2. The summed E-state index contributed by atoms with van der Waals surface area (Å²) >= 11 is 0. The monoisotopic (exact) mass is 406 g/mol. The fourth-order valence-corrected chi connectivity index (χ4v) is 3.47. The van der Waals surface area contributed by atoms with Crippen LogP contribution in [0.4, 0.5) is 0 Å². The van der Waals surface area contributed by atoms with Gasteiger partial charge in [0.2, 0.25) is 6.79 Å². The predicted octanol–water partition coefficient (Wildman–Crippen LogP) is 3.31. The van der Waals surface area contributed by atoms with Crippen LogP contribution >= 0.6 is 0 Å². The summed E-state index contributed by atoms with van der Waals surface area (Å²) < 4.78 is 15.9. The first kappa shape index (κ1) is 19.7. The second-order valence-corrected chi connectivity index (χ2v) is 6.97. The molecule has 0 saturated heterocycles. The number of hydrogen-bond donors (Lipinski definition) is 1. The molecule has 1 aromatic heterocycles. The molecule has 7 heteroatoms. The third kappa shape index (κ3) is 3.91. The zero-order valence-corrected chi connectivity index (χ0v) is 16.9. The molecule has 0 fully saturated rings. The van der Waals surface area contributed by atoms with Gasteiger partial charge in [0.15, 0.2) is 18.1 Å². The van der Waals surface area contributed by atoms with Crippen molar-refractivity contribution in [3.05, 3.63) is 64.8 Å². The van der Waals surface area contributed by atoms with Crippen LogP contribution in [0.5, 0.6) is 11.5 Å². The highest BCUT2D eigenvalue weighted by molar-refractivity contribution is 5.99. The van der Waals surface area contributed by atoms with E-state index >= 15 is 0 Å². The molecule has 0 atom stereocenters. The Kier molecular flexibility index (Phi) is 5.52. The maximum Gasteiger partial charge on any atom is 0.340 e. The van der Waals surface area contributed by atoms with E-state index in [1.807, 2.05) is 50.2 Å². The van der Waals surface area contributed by atoms with Crippen LogP contribution in [-0.4, -0.2) is 30.3 Å². The molecule has 2 heterocycles. The Labute approximate surface area is 174 Å². The van der Waals surface area contributed by atoms with Crippen molar-refractivity contribution in [1.29, 1.82) is 0 Å². The van der Waals surface area contributed by atoms with Gasteiger partial charge in [0.1, 0.15) is 0 Å². The maximum absolute atomic E-state index is 12.7. The van der Waals surface area contributed by atoms with Gasteiger partial charge in [-0.15, -0.1) is 0 Å². The second kappa shape index (κ2) is 8.41. The summed E-state index contributed by atoms with van der Waals surface area (Å²) in [5, 5.41) is 3.64. The minimum Gasteiger partial charge on any atom is -0.454 e. The standard InChI is InChI=1S/C23H22N2O5/c1-3-17-22(14(2)16-6-4-5-7-18(16)25-17)23(27)28-12-21(26)24-11-15-8-9-19-20(10-15)30-13-29-19/h4-10H,3,11-13H2,1-2H3,(H,24,26). The summed E-state index contributed by atoms with van der Waals surface area (Å²) in [6, 6.07) is 13.1. The van der Waals surface area contributed by atoms with Crippen molar-refractivity contribution in [3.63, 3.8) is 0 Å². The number of amides is 1. The van der Waals surface area contributed by atoms with Crippen LogP contribution < -0.4 is 14.8 Å². The van der Waals surface area contributed by atoms with E-state index in [1.54, 1.807) is 6.07 Å². The summed E-state index contributed by atoms with van der Waals surface area (Å²) in [7, 11) is 0. The molecule has 0 unspecified atom stereocenters. The van der Waals surface area contributed by atoms with E-state index in [0.29, 0.717) is 35.7 Å². The van der Waals surface area contributed by atoms with Crippen LogP contribution in [0.3, 0.4) is 0 Å². The van der Waals surface area contributed by atoms with Crippen molar-refractivity contribution in [2.24, 2.45) is 0 Å². The molecule has 1 aliphatic heterocycles. The van der Waals surface area contributed by atoms with Crippen LogP contribution in [0.2, 0.25) is 0 Å². The predicted molar refractivity (Wildman–Crippen MR) is 111 cm³/mol. The van der Waals surface area contributed by atoms with Gasteiger partial charge in [-0.25, -0.2) is 4.79 Å². The third-order valence-corrected chi connectivity index (χ3v) is 5.03. The molecule has 4 rings (SSSR count). The van der Waals surface area contributed by atoms with Gasteiger partial charge in [0.25, 0.3) is 5.91 Å². The SMILES string of the molecule is CCc1nc2ccccc2c(C)c1C(=O)OCC(=O)NCc1ccc2c(c1)OCO2. The van der Waals surface area contributed by atoms with Crippen molar-refractivity contribution in [1.82, 2.24) is 10.3 Å². The molecule has 7 nitrogen and oxygen atoms in total. The normalized spacial score (nSPS) is 12.1. The second-order valence-electron chi connectivity index (χ2n) is 6.97. The van der Waals surface area contributed by atoms with Crippen molar-refractivity contribution in [3.8, 4) is 11.5 Å². The quantitative estimate of drug-likeness (QED) is 0.632. The Morgan fingerprint density at radius 1 is 1.13 bits per heavy atom. The Morgan fingerprint density at radius 3 is 2.77 bits per heavy atom. The van der Waals surface area contributed by atoms with Crippen molar-refractivity contribution in [2.75, 3.05) is 13.4 Å². The Bertz CT molecular complexity index is 1130. The van der Waals surface area contributed by atoms with E-state index in [2.05, 4.69) is 10.3 Å². The number of rotatable bonds is 6. The van der Waals surface area contributed by atoms with Crippen molar-refractivity contribution < 1.29 is 23.8 Å². The Hall–Kier alpha value is -3.61. The van der Waals surface area contributed by atoms with E-state index in [1.165, 1.54) is 0 Å². The van der Waals surface area contributed by atoms with Gasteiger partial charge in [-0.2, -0.15) is 0 Å². The minimum atomic E-state index is -0.541. The number of carbonyl (C=O) groups is 2. The van der Waals surface area contributed by atoms with E-state index in [4.69, 9.17) is 14.2 Å². The van der Waals surface area contributed by atoms with Crippen LogP contribution in [0, 0.1) is 6.92 Å². The molecular weight excluding hydrogens is 384 g/mol. The van der Waals surface area contributed by atoms with Gasteiger partial charge < -0.3 is 19.5 Å². The van der Waals surface area contributed by atoms with Crippen molar-refractivity contribution in [2.45, 2.75) is 26.8 Å². The van der Waals surface area contributed by atoms with E-state index < -0.39 is 5.97 Å². The van der Waals surface area contributed by atoms with Gasteiger partial charge in [-0.05, 0) is 42.7 Å². The Morgan fingerprint density at radius 2 is 1.93 bits per heavy atom. The average Bonchev–Trinajstić information content (AvgIpc) is 3.23. The smallest absolute Gasteiger partial charge is 0.340 e. The number of aryl methyl sites for hydroxylation is 2. The fourth-order valence-electron chi connectivity index (χ4n) is 3.47. The lowest BCUT2D eigenvalue weighted by Crippen LogP contribution is -2.28. The van der Waals surface area contributed by atoms with Gasteiger partial charge in [0.05, 0.1) is 16.8 Å². The highest BCUT2D eigenvalue weighted by atomic mass is 16.7. The molecule has 0 aliphatic carbocycles. The largest absolute Gasteiger partial charge is 0.454 e. The first-order chi connectivity index (χ1) is 14.6. The van der Waals surface area contributed by atoms with Crippen LogP contribution in [0.1, 0.15) is 34.1 Å². The average molecular weight is 406 g/mol. The molecule has 30 heavy (non-hydrogen) atoms. The summed E-state index contributed by atoms with van der Waals surface area (Å²) in [6.45, 7) is 3.94. The lowest BCUT2D eigenvalue weighted by molar-refractivity contribution is -0.124. The number of nitrogens with zero attached hydrogens (tertiary/aromatic N) is 1. The molecule has 1 N–H and O–H groups in total. The Balaban J connectivity index is 1.39. The number of esters is 1. The lowest BCUT2D eigenvalue weighted by Gasteiger charge is -2.13. The first-order valence-electron chi connectivity index (χ1n) is 9.77. The summed E-state index contributed by atoms with van der Waals surface area (Å²) in [4.78, 5) is 29.5. The van der Waals surface area contributed by atoms with E-state index in [0.717, 1.165) is 22.0 Å². The number of para-hydroxylation sites is 1. The molecule has 1 amide bonds. The van der Waals surface area contributed by atoms with Crippen molar-refractivity contribution >= 4 is 22.8 Å². The zero-order chi connectivity index (χ0) is 21.1. The summed E-state index contributed by atoms with van der Waals surface area (Å²) in [6.07, 6.45) is 0.590.